The number of fused-ring (bicyclic) bond motifs is 1. The zero-order valence-corrected chi connectivity index (χ0v) is 19.1. The Kier molecular flexibility index (Phi) is 5.92. The Morgan fingerprint density at radius 1 is 1.00 bits per heavy atom. The number of hydrogen-bond acceptors (Lipinski definition) is 4. The van der Waals surface area contributed by atoms with Crippen LogP contribution in [-0.2, 0) is 16.1 Å². The largest absolute Gasteiger partial charge is 0.457 e. The van der Waals surface area contributed by atoms with Gasteiger partial charge in [0.15, 0.2) is 0 Å². The lowest BCUT2D eigenvalue weighted by Gasteiger charge is -2.16. The highest BCUT2D eigenvalue weighted by Gasteiger charge is 2.19. The fourth-order valence-electron chi connectivity index (χ4n) is 3.81. The van der Waals surface area contributed by atoms with Crippen molar-refractivity contribution < 1.29 is 18.4 Å². The molecular weight excluding hydrogens is 424 g/mol. The molecule has 0 saturated carbocycles. The van der Waals surface area contributed by atoms with Gasteiger partial charge in [0.1, 0.15) is 6.56 Å². The van der Waals surface area contributed by atoms with Crippen molar-refractivity contribution in [3.63, 3.8) is 0 Å². The number of ether oxygens (including phenoxy) is 1. The van der Waals surface area contributed by atoms with Crippen molar-refractivity contribution in [2.75, 3.05) is 11.9 Å². The number of amides is 1. The number of carbonyl (C=O) groups is 2. The topological polar surface area (TPSA) is 81.4 Å². The molecule has 172 valence electrons. The fourth-order valence-corrected chi connectivity index (χ4v) is 3.81. The van der Waals surface area contributed by atoms with E-state index in [4.69, 9.17) is 14.6 Å². The maximum absolute atomic E-state index is 13.0. The van der Waals surface area contributed by atoms with E-state index >= 15 is 0 Å². The summed E-state index contributed by atoms with van der Waals surface area (Å²) >= 11 is 0. The zero-order valence-electron chi connectivity index (χ0n) is 22.1. The van der Waals surface area contributed by atoms with Crippen molar-refractivity contribution >= 4 is 28.3 Å². The van der Waals surface area contributed by atoms with Crippen molar-refractivity contribution in [3.8, 4) is 0 Å². The van der Waals surface area contributed by atoms with Crippen LogP contribution in [0.4, 0.5) is 5.69 Å². The first-order chi connectivity index (χ1) is 17.6. The van der Waals surface area contributed by atoms with Gasteiger partial charge in [0.25, 0.3) is 0 Å². The van der Waals surface area contributed by atoms with Gasteiger partial charge in [0, 0.05) is 12.2 Å². The minimum atomic E-state index is -2.37. The molecule has 0 aliphatic rings. The summed E-state index contributed by atoms with van der Waals surface area (Å²) < 4.78 is 29.8. The molecule has 4 rings (SSSR count). The molecule has 0 fully saturated rings. The summed E-state index contributed by atoms with van der Waals surface area (Å²) in [4.78, 5) is 25.6. The molecule has 3 N–H and O–H groups in total. The number of rotatable bonds is 7. The van der Waals surface area contributed by atoms with Crippen molar-refractivity contribution in [2.45, 2.75) is 26.3 Å². The molecule has 0 heterocycles. The van der Waals surface area contributed by atoms with Gasteiger partial charge in [-0.25, -0.2) is 4.79 Å². The SMILES string of the molecule is [2H]c1cccc2cc(NC(=O)[C@H](CN)c3ccc(C([2H])([2H])OC(=O)c4ccc(C)cc4C)cc3)ccc12. The highest BCUT2D eigenvalue weighted by molar-refractivity contribution is 5.98. The molecule has 5 heteroatoms. The van der Waals surface area contributed by atoms with E-state index in [1.54, 1.807) is 61.5 Å². The third kappa shape index (κ3) is 5.33. The summed E-state index contributed by atoms with van der Waals surface area (Å²) in [6.45, 7) is 1.36. The normalized spacial score (nSPS) is 13.4. The summed E-state index contributed by atoms with van der Waals surface area (Å²) in [5.41, 5.74) is 9.27. The average molecular weight is 456 g/mol. The Morgan fingerprint density at radius 3 is 2.53 bits per heavy atom. The van der Waals surface area contributed by atoms with Crippen LogP contribution in [0.5, 0.6) is 0 Å². The molecule has 1 atom stereocenters. The lowest BCUT2D eigenvalue weighted by molar-refractivity contribution is -0.117. The summed E-state index contributed by atoms with van der Waals surface area (Å²) in [6, 6.07) is 22.6. The predicted molar refractivity (Wildman–Crippen MR) is 136 cm³/mol. The number of hydrogen-bond donors (Lipinski definition) is 2. The Bertz CT molecular complexity index is 1470. The van der Waals surface area contributed by atoms with E-state index in [2.05, 4.69) is 5.32 Å². The highest BCUT2D eigenvalue weighted by atomic mass is 16.5. The van der Waals surface area contributed by atoms with Crippen LogP contribution in [-0.4, -0.2) is 18.4 Å². The van der Waals surface area contributed by atoms with E-state index in [1.807, 2.05) is 19.1 Å². The lowest BCUT2D eigenvalue weighted by Crippen LogP contribution is -2.27. The van der Waals surface area contributed by atoms with Gasteiger partial charge < -0.3 is 15.8 Å². The van der Waals surface area contributed by atoms with Gasteiger partial charge in [0.2, 0.25) is 5.91 Å². The molecule has 1 amide bonds. The second-order valence-corrected chi connectivity index (χ2v) is 8.18. The quantitative estimate of drug-likeness (QED) is 0.361. The molecule has 5 nitrogen and oxygen atoms in total. The van der Waals surface area contributed by atoms with Gasteiger partial charge in [-0.15, -0.1) is 0 Å². The van der Waals surface area contributed by atoms with Crippen LogP contribution in [0, 0.1) is 13.8 Å². The van der Waals surface area contributed by atoms with E-state index in [0.29, 0.717) is 28.4 Å². The Hall–Kier alpha value is -3.96. The van der Waals surface area contributed by atoms with E-state index in [-0.39, 0.29) is 18.0 Å². The van der Waals surface area contributed by atoms with E-state index in [9.17, 15) is 9.59 Å². The molecule has 34 heavy (non-hydrogen) atoms. The van der Waals surface area contributed by atoms with Gasteiger partial charge in [-0.1, -0.05) is 72.3 Å². The summed E-state index contributed by atoms with van der Waals surface area (Å²) in [5.74, 6) is -1.73. The average Bonchev–Trinajstić information content (AvgIpc) is 2.84. The zero-order chi connectivity index (χ0) is 26.7. The lowest BCUT2D eigenvalue weighted by atomic mass is 9.97. The fraction of sp³-hybridized carbons (Fsp3) is 0.172. The molecule has 4 aromatic rings. The Morgan fingerprint density at radius 2 is 1.79 bits per heavy atom. The maximum atomic E-state index is 13.0. The third-order valence-corrected chi connectivity index (χ3v) is 5.66. The maximum Gasteiger partial charge on any atom is 0.338 e. The van der Waals surface area contributed by atoms with Crippen LogP contribution in [0.25, 0.3) is 10.8 Å². The third-order valence-electron chi connectivity index (χ3n) is 5.66. The van der Waals surface area contributed by atoms with Crippen molar-refractivity contribution in [1.82, 2.24) is 0 Å². The number of nitrogens with one attached hydrogen (secondary N) is 1. The standard InChI is InChI=1S/C29H28N2O3/c1-19-7-14-26(20(2)15-19)29(33)34-18-21-8-10-23(11-9-21)27(17-30)28(32)31-25-13-12-22-5-3-4-6-24(22)16-25/h3-16,27H,17-18,30H2,1-2H3,(H,31,32)/t27-/m1/s1/i5D,18D2. The number of nitrogens with two attached hydrogens (primary N) is 1. The van der Waals surface area contributed by atoms with Gasteiger partial charge in [-0.2, -0.15) is 0 Å². The molecular formula is C29H28N2O3. The van der Waals surface area contributed by atoms with Crippen LogP contribution in [0.1, 0.15) is 42.6 Å². The van der Waals surface area contributed by atoms with Crippen LogP contribution >= 0.6 is 0 Å². The van der Waals surface area contributed by atoms with Crippen LogP contribution < -0.4 is 11.1 Å². The van der Waals surface area contributed by atoms with Crippen molar-refractivity contribution in [2.24, 2.45) is 5.73 Å². The summed E-state index contributed by atoms with van der Waals surface area (Å²) in [5, 5.41) is 4.51. The first-order valence-corrected chi connectivity index (χ1v) is 11.0. The number of carbonyl (C=O) groups excluding carboxylic acids is 2. The molecule has 0 spiro atoms. The van der Waals surface area contributed by atoms with Gasteiger partial charge in [-0.05, 0) is 59.5 Å². The van der Waals surface area contributed by atoms with E-state index in [0.717, 1.165) is 16.3 Å². The minimum Gasteiger partial charge on any atom is -0.457 e. The number of benzene rings is 4. The predicted octanol–water partition coefficient (Wildman–Crippen LogP) is 5.49. The molecule has 0 saturated heterocycles. The molecule has 0 aliphatic carbocycles. The molecule has 0 aromatic heterocycles. The minimum absolute atomic E-state index is 0.0458. The molecule has 0 radical (unpaired) electrons. The second-order valence-electron chi connectivity index (χ2n) is 8.18. The molecule has 4 aromatic carbocycles. The Balaban J connectivity index is 1.48. The van der Waals surface area contributed by atoms with Gasteiger partial charge in [0.05, 0.1) is 15.6 Å². The van der Waals surface area contributed by atoms with E-state index < -0.39 is 18.4 Å². The first-order valence-electron chi connectivity index (χ1n) is 12.5. The highest BCUT2D eigenvalue weighted by Crippen LogP contribution is 2.22. The van der Waals surface area contributed by atoms with Crippen LogP contribution in [0.15, 0.2) is 84.9 Å². The summed E-state index contributed by atoms with van der Waals surface area (Å²) in [7, 11) is 0. The molecule has 0 bridgehead atoms. The smallest absolute Gasteiger partial charge is 0.338 e. The van der Waals surface area contributed by atoms with Crippen molar-refractivity contribution in [1.29, 1.82) is 0 Å². The van der Waals surface area contributed by atoms with Crippen LogP contribution in [0.2, 0.25) is 0 Å². The molecule has 0 unspecified atom stereocenters. The number of anilines is 1. The summed E-state index contributed by atoms with van der Waals surface area (Å²) in [6.07, 6.45) is 0. The Labute approximate surface area is 203 Å². The van der Waals surface area contributed by atoms with E-state index in [1.165, 1.54) is 12.1 Å². The first kappa shape index (κ1) is 19.5. The van der Waals surface area contributed by atoms with Crippen LogP contribution in [0.3, 0.4) is 0 Å². The monoisotopic (exact) mass is 455 g/mol. The molecule has 0 aliphatic heterocycles. The number of aryl methyl sites for hydroxylation is 2. The van der Waals surface area contributed by atoms with Gasteiger partial charge >= 0.3 is 5.97 Å². The number of esters is 1. The van der Waals surface area contributed by atoms with Gasteiger partial charge in [-0.3, -0.25) is 4.79 Å². The van der Waals surface area contributed by atoms with Crippen molar-refractivity contribution in [3.05, 3.63) is 113 Å². The second kappa shape index (κ2) is 10.3.